The molecule has 0 aromatic heterocycles. The van der Waals surface area contributed by atoms with E-state index in [1.54, 1.807) is 68.7 Å². The Kier molecular flexibility index (Phi) is 7.40. The van der Waals surface area contributed by atoms with Crippen molar-refractivity contribution < 1.29 is 23.8 Å². The van der Waals surface area contributed by atoms with Crippen LogP contribution in [0.4, 0.5) is 10.5 Å². The molecule has 3 amide bonds. The maximum Gasteiger partial charge on any atom is 0.321 e. The van der Waals surface area contributed by atoms with Gasteiger partial charge in [-0.3, -0.25) is 4.79 Å². The number of rotatable bonds is 6. The Labute approximate surface area is 205 Å². The summed E-state index contributed by atoms with van der Waals surface area (Å²) < 4.78 is 15.9. The quantitative estimate of drug-likeness (QED) is 0.570. The molecule has 0 bridgehead atoms. The largest absolute Gasteiger partial charge is 0.497 e. The number of nitrogens with zero attached hydrogens (tertiary/aromatic N) is 2. The van der Waals surface area contributed by atoms with Crippen molar-refractivity contribution in [3.63, 3.8) is 0 Å². The first-order valence-corrected chi connectivity index (χ1v) is 11.3. The van der Waals surface area contributed by atoms with Crippen molar-refractivity contribution in [2.24, 2.45) is 0 Å². The number of carbonyl (C=O) groups excluding carboxylic acids is 2. The minimum absolute atomic E-state index is 0.130. The van der Waals surface area contributed by atoms with E-state index in [9.17, 15) is 9.59 Å². The van der Waals surface area contributed by atoms with E-state index in [1.165, 1.54) is 0 Å². The number of ether oxygens (including phenoxy) is 3. The average molecular weight is 476 g/mol. The molecule has 1 atom stereocenters. The lowest BCUT2D eigenvalue weighted by atomic mass is 10.0. The second kappa shape index (κ2) is 10.8. The third-order valence-electron chi connectivity index (χ3n) is 6.08. The molecule has 0 spiro atoms. The van der Waals surface area contributed by atoms with Crippen LogP contribution in [0.15, 0.2) is 72.8 Å². The van der Waals surface area contributed by atoms with E-state index >= 15 is 0 Å². The number of hydrogen-bond acceptors (Lipinski definition) is 5. The van der Waals surface area contributed by atoms with E-state index in [4.69, 9.17) is 14.2 Å². The summed E-state index contributed by atoms with van der Waals surface area (Å²) in [6.45, 7) is 1.16. The van der Waals surface area contributed by atoms with Crippen LogP contribution in [0.3, 0.4) is 0 Å². The van der Waals surface area contributed by atoms with Gasteiger partial charge in [0.2, 0.25) is 0 Å². The van der Waals surface area contributed by atoms with Crippen molar-refractivity contribution >= 4 is 17.6 Å². The fourth-order valence-corrected chi connectivity index (χ4v) is 4.18. The normalized spacial score (nSPS) is 15.3. The fraction of sp³-hybridized carbons (Fsp3) is 0.259. The van der Waals surface area contributed by atoms with Crippen LogP contribution >= 0.6 is 0 Å². The molecule has 1 unspecified atom stereocenters. The topological polar surface area (TPSA) is 80.3 Å². The number of amides is 3. The Balaban J connectivity index is 1.55. The SMILES string of the molecule is COc1ccc(NC(=O)N2CCN(C(=O)c3ccc(OC)c(OC)c3)C(c3ccccc3)C2)cc1. The summed E-state index contributed by atoms with van der Waals surface area (Å²) in [4.78, 5) is 30.2. The van der Waals surface area contributed by atoms with Crippen molar-refractivity contribution in [2.75, 3.05) is 46.3 Å². The van der Waals surface area contributed by atoms with Gasteiger partial charge in [0.15, 0.2) is 11.5 Å². The zero-order valence-electron chi connectivity index (χ0n) is 20.1. The molecule has 0 saturated carbocycles. The number of anilines is 1. The zero-order chi connectivity index (χ0) is 24.8. The first kappa shape index (κ1) is 23.9. The standard InChI is InChI=1S/C27H29N3O5/c1-33-22-12-10-21(11-13-22)28-27(32)29-15-16-30(23(18-29)19-7-5-4-6-8-19)26(31)20-9-14-24(34-2)25(17-20)35-3/h4-14,17,23H,15-16,18H2,1-3H3,(H,28,32). The first-order chi connectivity index (χ1) is 17.0. The van der Waals surface area contributed by atoms with E-state index in [2.05, 4.69) is 5.32 Å². The minimum atomic E-state index is -0.299. The number of carbonyl (C=O) groups is 2. The number of methoxy groups -OCH3 is 3. The second-order valence-electron chi connectivity index (χ2n) is 8.10. The van der Waals surface area contributed by atoms with Crippen LogP contribution in [-0.2, 0) is 0 Å². The summed E-state index contributed by atoms with van der Waals surface area (Å²) in [6, 6.07) is 21.6. The number of piperazine rings is 1. The number of hydrogen-bond donors (Lipinski definition) is 1. The van der Waals surface area contributed by atoms with Crippen LogP contribution < -0.4 is 19.5 Å². The van der Waals surface area contributed by atoms with Crippen molar-refractivity contribution in [3.8, 4) is 17.2 Å². The molecular formula is C27H29N3O5. The molecule has 182 valence electrons. The summed E-state index contributed by atoms with van der Waals surface area (Å²) in [5.74, 6) is 1.64. The molecule has 1 saturated heterocycles. The highest BCUT2D eigenvalue weighted by atomic mass is 16.5. The number of urea groups is 1. The molecule has 1 N–H and O–H groups in total. The second-order valence-corrected chi connectivity index (χ2v) is 8.10. The van der Waals surface area contributed by atoms with E-state index in [0.29, 0.717) is 42.4 Å². The molecule has 0 aliphatic carbocycles. The predicted octanol–water partition coefficient (Wildman–Crippen LogP) is 4.44. The maximum absolute atomic E-state index is 13.6. The number of benzene rings is 3. The van der Waals surface area contributed by atoms with Gasteiger partial charge in [0.05, 0.1) is 27.4 Å². The van der Waals surface area contributed by atoms with Crippen LogP contribution in [0.25, 0.3) is 0 Å². The third-order valence-corrected chi connectivity index (χ3v) is 6.08. The van der Waals surface area contributed by atoms with Crippen LogP contribution in [0, 0.1) is 0 Å². The highest BCUT2D eigenvalue weighted by Crippen LogP contribution is 2.31. The Hall–Kier alpha value is -4.20. The summed E-state index contributed by atoms with van der Waals surface area (Å²) >= 11 is 0. The van der Waals surface area contributed by atoms with Gasteiger partial charge in [0, 0.05) is 30.9 Å². The molecular weight excluding hydrogens is 446 g/mol. The van der Waals surface area contributed by atoms with Gasteiger partial charge in [-0.1, -0.05) is 30.3 Å². The smallest absolute Gasteiger partial charge is 0.321 e. The molecule has 0 radical (unpaired) electrons. The van der Waals surface area contributed by atoms with Gasteiger partial charge in [-0.15, -0.1) is 0 Å². The summed E-state index contributed by atoms with van der Waals surface area (Å²) in [5.41, 5.74) is 2.14. The third kappa shape index (κ3) is 5.32. The summed E-state index contributed by atoms with van der Waals surface area (Å²) in [5, 5.41) is 2.94. The van der Waals surface area contributed by atoms with Gasteiger partial charge < -0.3 is 29.3 Å². The van der Waals surface area contributed by atoms with E-state index < -0.39 is 0 Å². The molecule has 3 aromatic carbocycles. The van der Waals surface area contributed by atoms with Crippen molar-refractivity contribution in [2.45, 2.75) is 6.04 Å². The maximum atomic E-state index is 13.6. The molecule has 1 heterocycles. The van der Waals surface area contributed by atoms with Gasteiger partial charge in [-0.05, 0) is 48.0 Å². The Bertz CT molecular complexity index is 1170. The Morgan fingerprint density at radius 3 is 2.20 bits per heavy atom. The minimum Gasteiger partial charge on any atom is -0.497 e. The van der Waals surface area contributed by atoms with Gasteiger partial charge in [0.1, 0.15) is 5.75 Å². The van der Waals surface area contributed by atoms with Gasteiger partial charge in [-0.2, -0.15) is 0 Å². The predicted molar refractivity (Wildman–Crippen MR) is 133 cm³/mol. The molecule has 4 rings (SSSR count). The van der Waals surface area contributed by atoms with Crippen LogP contribution in [0.5, 0.6) is 17.2 Å². The van der Waals surface area contributed by atoms with Crippen LogP contribution in [0.1, 0.15) is 22.0 Å². The molecule has 8 heteroatoms. The molecule has 3 aromatic rings. The number of nitrogens with one attached hydrogen (secondary N) is 1. The Morgan fingerprint density at radius 2 is 1.54 bits per heavy atom. The van der Waals surface area contributed by atoms with Crippen LogP contribution in [-0.4, -0.2) is 62.7 Å². The Morgan fingerprint density at radius 1 is 0.829 bits per heavy atom. The fourth-order valence-electron chi connectivity index (χ4n) is 4.18. The van der Waals surface area contributed by atoms with E-state index in [0.717, 1.165) is 11.3 Å². The highest BCUT2D eigenvalue weighted by molar-refractivity contribution is 5.96. The van der Waals surface area contributed by atoms with Crippen molar-refractivity contribution in [1.82, 2.24) is 9.80 Å². The van der Waals surface area contributed by atoms with Crippen molar-refractivity contribution in [3.05, 3.63) is 83.9 Å². The molecule has 1 aliphatic heterocycles. The molecule has 1 aliphatic rings. The highest BCUT2D eigenvalue weighted by Gasteiger charge is 2.34. The first-order valence-electron chi connectivity index (χ1n) is 11.3. The van der Waals surface area contributed by atoms with Crippen LogP contribution in [0.2, 0.25) is 0 Å². The summed E-state index contributed by atoms with van der Waals surface area (Å²) in [6.07, 6.45) is 0. The lowest BCUT2D eigenvalue weighted by Crippen LogP contribution is -2.53. The summed E-state index contributed by atoms with van der Waals surface area (Å²) in [7, 11) is 4.69. The molecule has 8 nitrogen and oxygen atoms in total. The van der Waals surface area contributed by atoms with Gasteiger partial charge in [-0.25, -0.2) is 4.79 Å². The molecule has 35 heavy (non-hydrogen) atoms. The average Bonchev–Trinajstić information content (AvgIpc) is 2.92. The van der Waals surface area contributed by atoms with Gasteiger partial charge in [0.25, 0.3) is 5.91 Å². The van der Waals surface area contributed by atoms with Crippen molar-refractivity contribution in [1.29, 1.82) is 0 Å². The van der Waals surface area contributed by atoms with E-state index in [-0.39, 0.29) is 18.0 Å². The van der Waals surface area contributed by atoms with Gasteiger partial charge >= 0.3 is 6.03 Å². The lowest BCUT2D eigenvalue weighted by molar-refractivity contribution is 0.0516. The van der Waals surface area contributed by atoms with E-state index in [1.807, 2.05) is 35.2 Å². The lowest BCUT2D eigenvalue weighted by Gasteiger charge is -2.41. The zero-order valence-corrected chi connectivity index (χ0v) is 20.1. The molecule has 1 fully saturated rings. The monoisotopic (exact) mass is 475 g/mol.